The number of hydrogen-bond acceptors (Lipinski definition) is 2. The number of phenols is 1. The molecule has 0 saturated carbocycles. The van der Waals surface area contributed by atoms with Crippen molar-refractivity contribution >= 4 is 11.8 Å². The highest BCUT2D eigenvalue weighted by atomic mass is 32.2. The lowest BCUT2D eigenvalue weighted by atomic mass is 9.84. The van der Waals surface area contributed by atoms with Crippen molar-refractivity contribution in [3.63, 3.8) is 0 Å². The molecule has 1 aromatic carbocycles. The van der Waals surface area contributed by atoms with Gasteiger partial charge in [-0.25, -0.2) is 0 Å². The average Bonchev–Trinajstić information content (AvgIpc) is 2.65. The Kier molecular flexibility index (Phi) is 13.1. The summed E-state index contributed by atoms with van der Waals surface area (Å²) in [5.74, 6) is 1.74. The summed E-state index contributed by atoms with van der Waals surface area (Å²) in [6.07, 6.45) is 16.4. The Morgan fingerprint density at radius 1 is 0.862 bits per heavy atom. The lowest BCUT2D eigenvalue weighted by molar-refractivity contribution is 0.445. The van der Waals surface area contributed by atoms with Crippen molar-refractivity contribution in [3.05, 3.63) is 28.8 Å². The topological polar surface area (TPSA) is 20.2 Å². The second-order valence-corrected chi connectivity index (χ2v) is 11.2. The zero-order chi connectivity index (χ0) is 21.7. The van der Waals surface area contributed by atoms with Gasteiger partial charge in [0.15, 0.2) is 0 Å². The van der Waals surface area contributed by atoms with Gasteiger partial charge in [0.05, 0.1) is 0 Å². The van der Waals surface area contributed by atoms with Gasteiger partial charge in [0, 0.05) is 5.25 Å². The van der Waals surface area contributed by atoms with E-state index < -0.39 is 0 Å². The molecule has 0 heterocycles. The molecule has 0 aliphatic rings. The number of aromatic hydroxyl groups is 1. The molecule has 29 heavy (non-hydrogen) atoms. The fourth-order valence-corrected chi connectivity index (χ4v) is 5.20. The molecule has 1 nitrogen and oxygen atoms in total. The number of thioether (sulfide) groups is 1. The van der Waals surface area contributed by atoms with Crippen LogP contribution in [0.3, 0.4) is 0 Å². The average molecular weight is 421 g/mol. The molecule has 2 heteroatoms. The molecule has 0 saturated heterocycles. The van der Waals surface area contributed by atoms with Gasteiger partial charge in [-0.15, -0.1) is 0 Å². The molecule has 0 radical (unpaired) electrons. The number of hydrogen-bond donors (Lipinski definition) is 1. The van der Waals surface area contributed by atoms with Crippen LogP contribution in [-0.2, 0) is 11.8 Å². The van der Waals surface area contributed by atoms with Crippen molar-refractivity contribution in [2.75, 3.05) is 5.75 Å². The third kappa shape index (κ3) is 10.8. The summed E-state index contributed by atoms with van der Waals surface area (Å²) in [6.45, 7) is 13.3. The van der Waals surface area contributed by atoms with Crippen molar-refractivity contribution in [2.45, 2.75) is 129 Å². The van der Waals surface area contributed by atoms with Gasteiger partial charge in [-0.05, 0) is 60.1 Å². The highest BCUT2D eigenvalue weighted by Gasteiger charge is 2.20. The zero-order valence-corrected chi connectivity index (χ0v) is 21.1. The molecule has 0 fully saturated rings. The van der Waals surface area contributed by atoms with Crippen LogP contribution in [-0.4, -0.2) is 16.1 Å². The third-order valence-electron chi connectivity index (χ3n) is 6.02. The summed E-state index contributed by atoms with van der Waals surface area (Å²) in [5.41, 5.74) is 3.70. The van der Waals surface area contributed by atoms with Gasteiger partial charge >= 0.3 is 0 Å². The molecule has 1 N–H and O–H groups in total. The van der Waals surface area contributed by atoms with E-state index in [1.54, 1.807) is 0 Å². The number of benzene rings is 1. The SMILES string of the molecule is CCCCCCCCCCCCSC(CC)Cc1cc(C(C)(C)C)c(O)cc1C. The summed E-state index contributed by atoms with van der Waals surface area (Å²) < 4.78 is 0. The number of rotatable bonds is 15. The molecule has 1 unspecified atom stereocenters. The summed E-state index contributed by atoms with van der Waals surface area (Å²) in [7, 11) is 0. The molecule has 0 aromatic heterocycles. The lowest BCUT2D eigenvalue weighted by Crippen LogP contribution is -2.14. The first-order valence-corrected chi connectivity index (χ1v) is 13.3. The standard InChI is InChI=1S/C27H48OS/c1-7-9-10-11-12-13-14-15-16-17-18-29-24(8-2)20-23-21-25(27(4,5)6)26(28)19-22(23)3/h19,21,24,28H,7-18,20H2,1-6H3. The van der Waals surface area contributed by atoms with Crippen LogP contribution in [0.4, 0.5) is 0 Å². The quantitative estimate of drug-likeness (QED) is 0.286. The molecule has 0 bridgehead atoms. The molecule has 1 aromatic rings. The first kappa shape index (κ1) is 26.4. The van der Waals surface area contributed by atoms with E-state index in [9.17, 15) is 5.11 Å². The Morgan fingerprint density at radius 3 is 1.93 bits per heavy atom. The molecule has 168 valence electrons. The van der Waals surface area contributed by atoms with Crippen LogP contribution in [0.5, 0.6) is 5.75 Å². The largest absolute Gasteiger partial charge is 0.508 e. The van der Waals surface area contributed by atoms with E-state index in [-0.39, 0.29) is 5.41 Å². The molecule has 1 atom stereocenters. The second kappa shape index (κ2) is 14.4. The zero-order valence-electron chi connectivity index (χ0n) is 20.3. The summed E-state index contributed by atoms with van der Waals surface area (Å²) in [5, 5.41) is 11.0. The summed E-state index contributed by atoms with van der Waals surface area (Å²) >= 11 is 2.16. The minimum absolute atomic E-state index is 0.0165. The number of unbranched alkanes of at least 4 members (excludes halogenated alkanes) is 9. The maximum Gasteiger partial charge on any atom is 0.119 e. The van der Waals surface area contributed by atoms with Gasteiger partial charge in [0.2, 0.25) is 0 Å². The van der Waals surface area contributed by atoms with Crippen LogP contribution >= 0.6 is 11.8 Å². The second-order valence-electron chi connectivity index (χ2n) is 9.83. The highest BCUT2D eigenvalue weighted by molar-refractivity contribution is 7.99. The predicted molar refractivity (Wildman–Crippen MR) is 134 cm³/mol. The molecular formula is C27H48OS. The van der Waals surface area contributed by atoms with Crippen molar-refractivity contribution < 1.29 is 5.11 Å². The number of phenolic OH excluding ortho intramolecular Hbond substituents is 1. The normalized spacial score (nSPS) is 13.0. The Labute approximate surface area is 186 Å². The maximum absolute atomic E-state index is 10.4. The van der Waals surface area contributed by atoms with Crippen LogP contribution in [0.2, 0.25) is 0 Å². The van der Waals surface area contributed by atoms with Crippen LogP contribution in [0.25, 0.3) is 0 Å². The van der Waals surface area contributed by atoms with E-state index in [0.29, 0.717) is 11.0 Å². The van der Waals surface area contributed by atoms with E-state index >= 15 is 0 Å². The fourth-order valence-electron chi connectivity index (χ4n) is 3.96. The molecule has 0 aliphatic heterocycles. The third-order valence-corrected chi connectivity index (χ3v) is 7.51. The summed E-state index contributed by atoms with van der Waals surface area (Å²) in [4.78, 5) is 0. The smallest absolute Gasteiger partial charge is 0.119 e. The highest BCUT2D eigenvalue weighted by Crippen LogP contribution is 2.34. The molecule has 1 rings (SSSR count). The lowest BCUT2D eigenvalue weighted by Gasteiger charge is -2.24. The Balaban J connectivity index is 2.31. The Morgan fingerprint density at radius 2 is 1.41 bits per heavy atom. The van der Waals surface area contributed by atoms with Crippen molar-refractivity contribution in [1.82, 2.24) is 0 Å². The molecule has 0 spiro atoms. The van der Waals surface area contributed by atoms with Crippen LogP contribution < -0.4 is 0 Å². The predicted octanol–water partition coefficient (Wildman–Crippen LogP) is 8.97. The van der Waals surface area contributed by atoms with E-state index in [1.807, 2.05) is 6.07 Å². The van der Waals surface area contributed by atoms with Gasteiger partial charge in [0.1, 0.15) is 5.75 Å². The van der Waals surface area contributed by atoms with Crippen LogP contribution in [0.1, 0.15) is 122 Å². The van der Waals surface area contributed by atoms with Gasteiger partial charge < -0.3 is 5.11 Å². The van der Waals surface area contributed by atoms with E-state index in [1.165, 1.54) is 87.5 Å². The van der Waals surface area contributed by atoms with Crippen LogP contribution in [0, 0.1) is 6.92 Å². The number of aryl methyl sites for hydroxylation is 1. The van der Waals surface area contributed by atoms with Gasteiger partial charge in [-0.3, -0.25) is 0 Å². The first-order valence-electron chi connectivity index (χ1n) is 12.2. The summed E-state index contributed by atoms with van der Waals surface area (Å²) in [6, 6.07) is 4.23. The van der Waals surface area contributed by atoms with E-state index in [4.69, 9.17) is 0 Å². The Hall–Kier alpha value is -0.630. The van der Waals surface area contributed by atoms with E-state index in [2.05, 4.69) is 59.4 Å². The van der Waals surface area contributed by atoms with Crippen molar-refractivity contribution in [1.29, 1.82) is 0 Å². The van der Waals surface area contributed by atoms with Crippen LogP contribution in [0.15, 0.2) is 12.1 Å². The maximum atomic E-state index is 10.4. The Bertz CT molecular complexity index is 558. The molecular weight excluding hydrogens is 372 g/mol. The van der Waals surface area contributed by atoms with Gasteiger partial charge in [-0.1, -0.05) is 98.5 Å². The minimum Gasteiger partial charge on any atom is -0.508 e. The first-order chi connectivity index (χ1) is 13.8. The fraction of sp³-hybridized carbons (Fsp3) is 0.778. The molecule has 0 aliphatic carbocycles. The molecule has 0 amide bonds. The van der Waals surface area contributed by atoms with Gasteiger partial charge in [-0.2, -0.15) is 11.8 Å². The van der Waals surface area contributed by atoms with Gasteiger partial charge in [0.25, 0.3) is 0 Å². The van der Waals surface area contributed by atoms with E-state index in [0.717, 1.165) is 12.0 Å². The van der Waals surface area contributed by atoms with Crippen molar-refractivity contribution in [3.8, 4) is 5.75 Å². The minimum atomic E-state index is -0.0165. The monoisotopic (exact) mass is 420 g/mol. The van der Waals surface area contributed by atoms with Crippen molar-refractivity contribution in [2.24, 2.45) is 0 Å².